The normalized spacial score (nSPS) is 9.75. The van der Waals surface area contributed by atoms with Crippen LogP contribution in [0.15, 0.2) is 0 Å². The van der Waals surface area contributed by atoms with Crippen LogP contribution in [-0.4, -0.2) is 11.6 Å². The second-order valence-electron chi connectivity index (χ2n) is 3.12. The van der Waals surface area contributed by atoms with Crippen molar-refractivity contribution in [1.29, 1.82) is 0 Å². The summed E-state index contributed by atoms with van der Waals surface area (Å²) in [6, 6.07) is -0.446. The minimum Gasteiger partial charge on any atom is -0.352 e. The van der Waals surface area contributed by atoms with Crippen LogP contribution in [0.1, 0.15) is 47.5 Å². The Hall–Kier alpha value is -0.730. The van der Waals surface area contributed by atoms with E-state index in [-0.39, 0.29) is 5.54 Å². The predicted molar refractivity (Wildman–Crippen MR) is 53.1 cm³/mol. The number of hydrogen-bond acceptors (Lipinski definition) is 1. The van der Waals surface area contributed by atoms with Gasteiger partial charge in [-0.2, -0.15) is 0 Å². The summed E-state index contributed by atoms with van der Waals surface area (Å²) in [5.41, 5.74) is 4.81. The Balaban J connectivity index is 0. The molecule has 0 rings (SSSR count). The zero-order chi connectivity index (χ0) is 10.2. The molecule has 0 fully saturated rings. The molecule has 0 aliphatic rings. The first kappa shape index (κ1) is 13.8. The Morgan fingerprint density at radius 2 is 1.83 bits per heavy atom. The molecule has 3 nitrogen and oxygen atoms in total. The van der Waals surface area contributed by atoms with Crippen molar-refractivity contribution in [3.8, 4) is 0 Å². The molecule has 0 aromatic heterocycles. The number of carbonyl (C=O) groups excluding carboxylic acids is 1. The molecule has 0 spiro atoms. The number of carbonyl (C=O) groups is 1. The van der Waals surface area contributed by atoms with Crippen LogP contribution in [0, 0.1) is 0 Å². The van der Waals surface area contributed by atoms with Crippen molar-refractivity contribution in [2.75, 3.05) is 0 Å². The van der Waals surface area contributed by atoms with Crippen LogP contribution in [0.25, 0.3) is 0 Å². The Morgan fingerprint density at radius 3 is 2.08 bits per heavy atom. The molecule has 0 saturated carbocycles. The number of nitrogens with one attached hydrogen (secondary N) is 1. The van der Waals surface area contributed by atoms with Crippen molar-refractivity contribution in [2.45, 2.75) is 53.0 Å². The predicted octanol–water partition coefficient (Wildman–Crippen LogP) is 2.26. The van der Waals surface area contributed by atoms with Crippen LogP contribution in [0.3, 0.4) is 0 Å². The van der Waals surface area contributed by atoms with Crippen molar-refractivity contribution in [1.82, 2.24) is 5.32 Å². The van der Waals surface area contributed by atoms with Gasteiger partial charge in [0.1, 0.15) is 0 Å². The highest BCUT2D eigenvalue weighted by molar-refractivity contribution is 5.72. The van der Waals surface area contributed by atoms with Crippen LogP contribution in [0.2, 0.25) is 0 Å². The second kappa shape index (κ2) is 6.95. The van der Waals surface area contributed by atoms with Gasteiger partial charge in [0.2, 0.25) is 0 Å². The van der Waals surface area contributed by atoms with Gasteiger partial charge in [-0.15, -0.1) is 0 Å². The number of nitrogens with two attached hydrogens (primary N) is 1. The minimum atomic E-state index is -0.446. The van der Waals surface area contributed by atoms with Crippen molar-refractivity contribution >= 4 is 6.03 Å². The highest BCUT2D eigenvalue weighted by Crippen LogP contribution is 2.09. The van der Waals surface area contributed by atoms with Gasteiger partial charge in [-0.3, -0.25) is 0 Å². The number of amides is 2. The quantitative estimate of drug-likeness (QED) is 0.677. The average molecular weight is 174 g/mol. The van der Waals surface area contributed by atoms with E-state index in [0.29, 0.717) is 0 Å². The van der Waals surface area contributed by atoms with E-state index >= 15 is 0 Å². The molecule has 3 N–H and O–H groups in total. The monoisotopic (exact) mass is 174 g/mol. The van der Waals surface area contributed by atoms with E-state index in [0.717, 1.165) is 12.8 Å². The molecule has 3 heteroatoms. The molecule has 0 aromatic carbocycles. The molecule has 0 aliphatic carbocycles. The smallest absolute Gasteiger partial charge is 0.312 e. The molecule has 74 valence electrons. The SMILES string of the molecule is CC.CCCC(C)(C)NC(N)=O. The molecule has 0 atom stereocenters. The number of hydrogen-bond donors (Lipinski definition) is 2. The highest BCUT2D eigenvalue weighted by Gasteiger charge is 2.16. The van der Waals surface area contributed by atoms with E-state index in [1.807, 2.05) is 27.7 Å². The van der Waals surface area contributed by atoms with Gasteiger partial charge in [0.25, 0.3) is 0 Å². The minimum absolute atomic E-state index is 0.152. The van der Waals surface area contributed by atoms with E-state index in [4.69, 9.17) is 5.73 Å². The summed E-state index contributed by atoms with van der Waals surface area (Å²) in [6.07, 6.45) is 2.00. The van der Waals surface area contributed by atoms with Crippen LogP contribution in [0.4, 0.5) is 4.79 Å². The highest BCUT2D eigenvalue weighted by atomic mass is 16.2. The van der Waals surface area contributed by atoms with Crippen LogP contribution in [-0.2, 0) is 0 Å². The second-order valence-corrected chi connectivity index (χ2v) is 3.12. The first-order chi connectivity index (χ1) is 5.48. The van der Waals surface area contributed by atoms with Gasteiger partial charge in [-0.05, 0) is 20.3 Å². The first-order valence-electron chi connectivity index (χ1n) is 4.55. The van der Waals surface area contributed by atoms with E-state index < -0.39 is 6.03 Å². The van der Waals surface area contributed by atoms with E-state index in [2.05, 4.69) is 12.2 Å². The fraction of sp³-hybridized carbons (Fsp3) is 0.889. The van der Waals surface area contributed by atoms with Gasteiger partial charge in [-0.1, -0.05) is 27.2 Å². The molecule has 0 heterocycles. The standard InChI is InChI=1S/C7H16N2O.C2H6/c1-4-5-7(2,3)9-6(8)10;1-2/h4-5H2,1-3H3,(H3,8,9,10);1-2H3. The lowest BCUT2D eigenvalue weighted by Gasteiger charge is -2.24. The molecular formula is C9H22N2O. The molecule has 0 aliphatic heterocycles. The Morgan fingerprint density at radius 1 is 1.42 bits per heavy atom. The summed E-state index contributed by atoms with van der Waals surface area (Å²) in [5.74, 6) is 0. The van der Waals surface area contributed by atoms with Crippen molar-refractivity contribution < 1.29 is 4.79 Å². The number of urea groups is 1. The topological polar surface area (TPSA) is 55.1 Å². The Kier molecular flexibility index (Phi) is 8.01. The van der Waals surface area contributed by atoms with Crippen LogP contribution in [0.5, 0.6) is 0 Å². The average Bonchev–Trinajstić information content (AvgIpc) is 1.88. The molecule has 0 bridgehead atoms. The maximum atomic E-state index is 10.4. The molecule has 0 unspecified atom stereocenters. The lowest BCUT2D eigenvalue weighted by atomic mass is 9.99. The van der Waals surface area contributed by atoms with Gasteiger partial charge >= 0.3 is 6.03 Å². The Bertz CT molecular complexity index is 122. The van der Waals surface area contributed by atoms with Gasteiger partial charge in [0.05, 0.1) is 0 Å². The largest absolute Gasteiger partial charge is 0.352 e. The summed E-state index contributed by atoms with van der Waals surface area (Å²) in [5, 5.41) is 2.66. The maximum Gasteiger partial charge on any atom is 0.312 e. The van der Waals surface area contributed by atoms with Crippen LogP contribution >= 0.6 is 0 Å². The van der Waals surface area contributed by atoms with Gasteiger partial charge in [0, 0.05) is 5.54 Å². The van der Waals surface area contributed by atoms with Gasteiger partial charge < -0.3 is 11.1 Å². The van der Waals surface area contributed by atoms with E-state index in [1.165, 1.54) is 0 Å². The first-order valence-corrected chi connectivity index (χ1v) is 4.55. The van der Waals surface area contributed by atoms with Gasteiger partial charge in [-0.25, -0.2) is 4.79 Å². The zero-order valence-electron chi connectivity index (χ0n) is 8.90. The molecule has 0 aromatic rings. The molecular weight excluding hydrogens is 152 g/mol. The Labute approximate surface area is 75.7 Å². The summed E-state index contributed by atoms with van der Waals surface area (Å²) in [6.45, 7) is 9.99. The fourth-order valence-electron chi connectivity index (χ4n) is 1.02. The van der Waals surface area contributed by atoms with E-state index in [9.17, 15) is 4.79 Å². The van der Waals surface area contributed by atoms with Crippen molar-refractivity contribution in [3.63, 3.8) is 0 Å². The lowest BCUT2D eigenvalue weighted by molar-refractivity contribution is 0.236. The third kappa shape index (κ3) is 9.27. The maximum absolute atomic E-state index is 10.4. The number of rotatable bonds is 3. The summed E-state index contributed by atoms with van der Waals surface area (Å²) in [7, 11) is 0. The molecule has 12 heavy (non-hydrogen) atoms. The summed E-state index contributed by atoms with van der Waals surface area (Å²) >= 11 is 0. The lowest BCUT2D eigenvalue weighted by Crippen LogP contribution is -2.45. The molecule has 0 radical (unpaired) electrons. The van der Waals surface area contributed by atoms with Crippen molar-refractivity contribution in [2.24, 2.45) is 5.73 Å². The van der Waals surface area contributed by atoms with Crippen LogP contribution < -0.4 is 11.1 Å². The third-order valence-corrected chi connectivity index (χ3v) is 1.34. The molecule has 0 saturated heterocycles. The number of primary amides is 1. The molecule has 2 amide bonds. The summed E-state index contributed by atoms with van der Waals surface area (Å²) < 4.78 is 0. The third-order valence-electron chi connectivity index (χ3n) is 1.34. The zero-order valence-corrected chi connectivity index (χ0v) is 8.90. The van der Waals surface area contributed by atoms with Crippen molar-refractivity contribution in [3.05, 3.63) is 0 Å². The summed E-state index contributed by atoms with van der Waals surface area (Å²) in [4.78, 5) is 10.4. The van der Waals surface area contributed by atoms with Gasteiger partial charge in [0.15, 0.2) is 0 Å². The fourth-order valence-corrected chi connectivity index (χ4v) is 1.02. The van der Waals surface area contributed by atoms with E-state index in [1.54, 1.807) is 0 Å².